The molecule has 0 fully saturated rings. The highest BCUT2D eigenvalue weighted by Gasteiger charge is 2.45. The van der Waals surface area contributed by atoms with Gasteiger partial charge < -0.3 is 14.4 Å². The number of azo groups is 1. The van der Waals surface area contributed by atoms with Gasteiger partial charge in [-0.3, -0.25) is 0 Å². The lowest BCUT2D eigenvalue weighted by Gasteiger charge is -2.45. The number of methoxy groups -OCH3 is 1. The number of hydrogen-bond donors (Lipinski definition) is 1. The van der Waals surface area contributed by atoms with E-state index in [1.807, 2.05) is 52.4 Å². The number of hydrogen-bond acceptors (Lipinski definition) is 6. The van der Waals surface area contributed by atoms with Crippen LogP contribution in [-0.2, 0) is 11.0 Å². The minimum absolute atomic E-state index is 0.0275. The van der Waals surface area contributed by atoms with Crippen molar-refractivity contribution in [3.8, 4) is 22.9 Å². The maximum absolute atomic E-state index is 15.1. The fourth-order valence-electron chi connectivity index (χ4n) is 5.88. The van der Waals surface area contributed by atoms with Gasteiger partial charge in [0.2, 0.25) is 11.0 Å². The average molecular weight is 527 g/mol. The van der Waals surface area contributed by atoms with Crippen molar-refractivity contribution in [2.24, 2.45) is 10.2 Å². The Hall–Kier alpha value is -4.04. The molecule has 38 heavy (non-hydrogen) atoms. The lowest BCUT2D eigenvalue weighted by Crippen LogP contribution is -2.41. The van der Waals surface area contributed by atoms with E-state index in [2.05, 4.69) is 48.1 Å². The van der Waals surface area contributed by atoms with Crippen LogP contribution in [0, 0.1) is 5.82 Å². The van der Waals surface area contributed by atoms with Crippen molar-refractivity contribution in [1.29, 1.82) is 0 Å². The van der Waals surface area contributed by atoms with Crippen LogP contribution in [0.25, 0.3) is 22.2 Å². The number of nitrogens with zero attached hydrogens (tertiary/aromatic N) is 4. The maximum Gasteiger partial charge on any atom is 0.230 e. The first kappa shape index (κ1) is 24.3. The van der Waals surface area contributed by atoms with E-state index in [0.29, 0.717) is 16.9 Å². The van der Waals surface area contributed by atoms with Crippen LogP contribution in [0.1, 0.15) is 38.3 Å². The highest BCUT2D eigenvalue weighted by Crippen LogP contribution is 2.55. The molecule has 3 heterocycles. The highest BCUT2D eigenvalue weighted by atomic mass is 32.1. The predicted molar refractivity (Wildman–Crippen MR) is 149 cm³/mol. The largest absolute Gasteiger partial charge is 0.497 e. The molecule has 0 bridgehead atoms. The predicted octanol–water partition coefficient (Wildman–Crippen LogP) is 8.48. The molecule has 0 saturated carbocycles. The highest BCUT2D eigenvalue weighted by molar-refractivity contribution is 7.13. The summed E-state index contributed by atoms with van der Waals surface area (Å²) in [6.45, 7) is 6.31. The van der Waals surface area contributed by atoms with E-state index in [4.69, 9.17) is 4.74 Å². The van der Waals surface area contributed by atoms with Crippen molar-refractivity contribution in [2.75, 3.05) is 7.11 Å². The fraction of sp³-hybridized carbons (Fsp3) is 0.233. The Bertz CT molecular complexity index is 1710. The van der Waals surface area contributed by atoms with E-state index in [-0.39, 0.29) is 17.4 Å². The Labute approximate surface area is 224 Å². The Morgan fingerprint density at radius 1 is 1.03 bits per heavy atom. The number of aromatic nitrogens is 2. The molecule has 0 spiro atoms. The van der Waals surface area contributed by atoms with Crippen molar-refractivity contribution >= 4 is 33.1 Å². The molecule has 5 aromatic rings. The number of thiazole rings is 1. The second-order valence-corrected chi connectivity index (χ2v) is 11.3. The SMILES string of the molecule is COc1cccc(-c2csc(N=Nc3c(O)n4c5c(cc(F)cc35)C(C)(c3ccccc3)CC4(C)C)n2)c1. The van der Waals surface area contributed by atoms with Gasteiger partial charge >= 0.3 is 0 Å². The lowest BCUT2D eigenvalue weighted by molar-refractivity contribution is 0.236. The van der Waals surface area contributed by atoms with E-state index in [1.54, 1.807) is 13.2 Å². The van der Waals surface area contributed by atoms with Crippen LogP contribution in [0.15, 0.2) is 82.3 Å². The molecule has 1 aliphatic heterocycles. The number of aromatic hydroxyl groups is 1. The number of ether oxygens (including phenoxy) is 1. The van der Waals surface area contributed by atoms with Gasteiger partial charge in [0.05, 0.1) is 18.3 Å². The maximum atomic E-state index is 15.1. The molecule has 1 unspecified atom stereocenters. The van der Waals surface area contributed by atoms with Gasteiger partial charge in [0.25, 0.3) is 0 Å². The first-order valence-electron chi connectivity index (χ1n) is 12.4. The van der Waals surface area contributed by atoms with Gasteiger partial charge in [-0.15, -0.1) is 21.6 Å². The molecule has 0 amide bonds. The quantitative estimate of drug-likeness (QED) is 0.233. The summed E-state index contributed by atoms with van der Waals surface area (Å²) in [6, 6.07) is 20.8. The monoisotopic (exact) mass is 526 g/mol. The summed E-state index contributed by atoms with van der Waals surface area (Å²) >= 11 is 1.34. The number of halogens is 1. The van der Waals surface area contributed by atoms with E-state index in [1.165, 1.54) is 17.4 Å². The summed E-state index contributed by atoms with van der Waals surface area (Å²) in [7, 11) is 1.62. The van der Waals surface area contributed by atoms with Gasteiger partial charge in [0, 0.05) is 27.3 Å². The average Bonchev–Trinajstić information content (AvgIpc) is 3.49. The summed E-state index contributed by atoms with van der Waals surface area (Å²) in [5.41, 5.74) is 3.67. The van der Waals surface area contributed by atoms with Crippen molar-refractivity contribution < 1.29 is 14.2 Å². The molecule has 6 rings (SSSR count). The summed E-state index contributed by atoms with van der Waals surface area (Å²) in [6.07, 6.45) is 0.671. The van der Waals surface area contributed by atoms with E-state index in [0.717, 1.165) is 33.7 Å². The molecule has 0 radical (unpaired) electrons. The van der Waals surface area contributed by atoms with Gasteiger partial charge in [-0.2, -0.15) is 0 Å². The third-order valence-corrected chi connectivity index (χ3v) is 8.19. The second-order valence-electron chi connectivity index (χ2n) is 10.5. The third kappa shape index (κ3) is 3.79. The molecule has 192 valence electrons. The van der Waals surface area contributed by atoms with Crippen LogP contribution >= 0.6 is 11.3 Å². The van der Waals surface area contributed by atoms with Crippen molar-refractivity contribution in [3.63, 3.8) is 0 Å². The van der Waals surface area contributed by atoms with Gasteiger partial charge in [-0.1, -0.05) is 49.4 Å². The fourth-order valence-corrected chi connectivity index (χ4v) is 6.53. The smallest absolute Gasteiger partial charge is 0.230 e. The molecule has 6 nitrogen and oxygen atoms in total. The molecular weight excluding hydrogens is 499 g/mol. The van der Waals surface area contributed by atoms with Gasteiger partial charge in [-0.05, 0) is 55.7 Å². The third-order valence-electron chi connectivity index (χ3n) is 7.47. The number of benzene rings is 3. The van der Waals surface area contributed by atoms with E-state index < -0.39 is 11.0 Å². The Morgan fingerprint density at radius 2 is 1.82 bits per heavy atom. The van der Waals surface area contributed by atoms with Crippen LogP contribution in [0.5, 0.6) is 11.6 Å². The Balaban J connectivity index is 1.48. The number of rotatable bonds is 5. The van der Waals surface area contributed by atoms with Crippen molar-refractivity contribution in [2.45, 2.75) is 38.1 Å². The zero-order valence-electron chi connectivity index (χ0n) is 21.6. The summed E-state index contributed by atoms with van der Waals surface area (Å²) in [4.78, 5) is 4.59. The second kappa shape index (κ2) is 8.77. The molecule has 2 aromatic heterocycles. The van der Waals surface area contributed by atoms with Crippen LogP contribution < -0.4 is 4.74 Å². The minimum Gasteiger partial charge on any atom is -0.497 e. The normalized spacial score (nSPS) is 18.3. The molecule has 0 saturated heterocycles. The van der Waals surface area contributed by atoms with Crippen LogP contribution in [0.4, 0.5) is 15.2 Å². The minimum atomic E-state index is -0.466. The first-order valence-corrected chi connectivity index (χ1v) is 13.2. The molecule has 1 aliphatic rings. The first-order chi connectivity index (χ1) is 18.2. The van der Waals surface area contributed by atoms with Crippen LogP contribution in [-0.4, -0.2) is 21.8 Å². The molecule has 3 aromatic carbocycles. The molecule has 8 heteroatoms. The van der Waals surface area contributed by atoms with Crippen LogP contribution in [0.2, 0.25) is 0 Å². The summed E-state index contributed by atoms with van der Waals surface area (Å²) in [5, 5.41) is 23.0. The summed E-state index contributed by atoms with van der Waals surface area (Å²) in [5.74, 6) is 0.336. The molecular formula is C30H27FN4O2S. The summed E-state index contributed by atoms with van der Waals surface area (Å²) < 4.78 is 22.3. The van der Waals surface area contributed by atoms with E-state index >= 15 is 4.39 Å². The Kier molecular flexibility index (Phi) is 5.61. The van der Waals surface area contributed by atoms with Gasteiger partial charge in [0.15, 0.2) is 5.69 Å². The Morgan fingerprint density at radius 3 is 2.58 bits per heavy atom. The van der Waals surface area contributed by atoms with Crippen molar-refractivity contribution in [1.82, 2.24) is 9.55 Å². The van der Waals surface area contributed by atoms with E-state index in [9.17, 15) is 5.11 Å². The molecule has 1 atom stereocenters. The van der Waals surface area contributed by atoms with Gasteiger partial charge in [0.1, 0.15) is 11.6 Å². The standard InChI is InChI=1S/C30H27FN4O2S/c1-29(2)17-30(3,19-10-6-5-7-11-19)23-15-20(31)14-22-25(27(36)35(29)26(22)23)33-34-28-32-24(16-38-28)18-9-8-12-21(13-18)37-4/h5-16,36H,17H2,1-4H3. The van der Waals surface area contributed by atoms with Gasteiger partial charge in [-0.25, -0.2) is 9.37 Å². The van der Waals surface area contributed by atoms with Crippen LogP contribution in [0.3, 0.4) is 0 Å². The topological polar surface area (TPSA) is 72.0 Å². The molecule has 0 aliphatic carbocycles. The molecule has 1 N–H and O–H groups in total. The van der Waals surface area contributed by atoms with Crippen molar-refractivity contribution in [3.05, 3.63) is 89.1 Å². The lowest BCUT2D eigenvalue weighted by atomic mass is 9.66. The zero-order chi connectivity index (χ0) is 26.7. The zero-order valence-corrected chi connectivity index (χ0v) is 22.4.